The third-order valence-electron chi connectivity index (χ3n) is 3.88. The van der Waals surface area contributed by atoms with Gasteiger partial charge in [0.1, 0.15) is 5.75 Å². The molecule has 1 unspecified atom stereocenters. The van der Waals surface area contributed by atoms with Crippen LogP contribution in [-0.4, -0.2) is 12.2 Å². The Labute approximate surface area is 121 Å². The predicted molar refractivity (Wildman–Crippen MR) is 82.2 cm³/mol. The molecule has 0 aliphatic heterocycles. The second-order valence-corrected chi connectivity index (χ2v) is 5.55. The standard InChI is InChI=1S/C18H22O2/c1-13-6-5-7-14(2)17(13)12-18(3,19)15-8-10-16(20-4)11-9-15/h5-11,19H,12H2,1-4H3. The van der Waals surface area contributed by atoms with Crippen molar-refractivity contribution in [3.8, 4) is 5.75 Å². The summed E-state index contributed by atoms with van der Waals surface area (Å²) >= 11 is 0. The molecule has 2 aromatic carbocycles. The lowest BCUT2D eigenvalue weighted by atomic mass is 9.86. The molecule has 0 heterocycles. The summed E-state index contributed by atoms with van der Waals surface area (Å²) in [6, 6.07) is 13.8. The zero-order valence-corrected chi connectivity index (χ0v) is 12.6. The van der Waals surface area contributed by atoms with Crippen LogP contribution < -0.4 is 4.74 Å². The van der Waals surface area contributed by atoms with Crippen molar-refractivity contribution < 1.29 is 9.84 Å². The summed E-state index contributed by atoms with van der Waals surface area (Å²) in [5.74, 6) is 0.802. The van der Waals surface area contributed by atoms with Gasteiger partial charge in [-0.3, -0.25) is 0 Å². The molecule has 2 rings (SSSR count). The minimum Gasteiger partial charge on any atom is -0.497 e. The lowest BCUT2D eigenvalue weighted by Gasteiger charge is -2.26. The van der Waals surface area contributed by atoms with E-state index < -0.39 is 5.60 Å². The summed E-state index contributed by atoms with van der Waals surface area (Å²) in [5, 5.41) is 10.8. The Bertz CT molecular complexity index is 563. The van der Waals surface area contributed by atoms with Crippen LogP contribution in [0.2, 0.25) is 0 Å². The molecule has 0 radical (unpaired) electrons. The molecule has 0 saturated carbocycles. The molecule has 2 aromatic rings. The van der Waals surface area contributed by atoms with Gasteiger partial charge >= 0.3 is 0 Å². The second kappa shape index (κ2) is 5.68. The van der Waals surface area contributed by atoms with Gasteiger partial charge in [0.05, 0.1) is 12.7 Å². The lowest BCUT2D eigenvalue weighted by molar-refractivity contribution is 0.0572. The molecular formula is C18H22O2. The van der Waals surface area contributed by atoms with E-state index in [0.29, 0.717) is 6.42 Å². The number of rotatable bonds is 4. The normalized spacial score (nSPS) is 13.8. The van der Waals surface area contributed by atoms with E-state index in [4.69, 9.17) is 4.74 Å². The van der Waals surface area contributed by atoms with Crippen LogP contribution in [0, 0.1) is 13.8 Å². The van der Waals surface area contributed by atoms with Gasteiger partial charge < -0.3 is 9.84 Å². The third kappa shape index (κ3) is 3.02. The van der Waals surface area contributed by atoms with E-state index in [0.717, 1.165) is 11.3 Å². The summed E-state index contributed by atoms with van der Waals surface area (Å²) in [5.41, 5.74) is 3.68. The smallest absolute Gasteiger partial charge is 0.118 e. The number of hydrogen-bond donors (Lipinski definition) is 1. The summed E-state index contributed by atoms with van der Waals surface area (Å²) in [6.45, 7) is 6.04. The van der Waals surface area contributed by atoms with Crippen molar-refractivity contribution in [2.45, 2.75) is 32.8 Å². The van der Waals surface area contributed by atoms with E-state index in [9.17, 15) is 5.11 Å². The van der Waals surface area contributed by atoms with Crippen molar-refractivity contribution in [3.05, 3.63) is 64.7 Å². The molecule has 1 N–H and O–H groups in total. The maximum Gasteiger partial charge on any atom is 0.118 e. The molecule has 0 saturated heterocycles. The fourth-order valence-electron chi connectivity index (χ4n) is 2.52. The predicted octanol–water partition coefficient (Wildman–Crippen LogP) is 3.76. The van der Waals surface area contributed by atoms with E-state index in [-0.39, 0.29) is 0 Å². The molecule has 0 spiro atoms. The third-order valence-corrected chi connectivity index (χ3v) is 3.88. The van der Waals surface area contributed by atoms with Crippen LogP contribution in [0.1, 0.15) is 29.2 Å². The fraction of sp³-hybridized carbons (Fsp3) is 0.333. The molecule has 106 valence electrons. The van der Waals surface area contributed by atoms with Crippen molar-refractivity contribution in [1.82, 2.24) is 0 Å². The van der Waals surface area contributed by atoms with E-state index in [1.807, 2.05) is 31.2 Å². The fourth-order valence-corrected chi connectivity index (χ4v) is 2.52. The van der Waals surface area contributed by atoms with Crippen LogP contribution in [0.5, 0.6) is 5.75 Å². The first kappa shape index (κ1) is 14.6. The van der Waals surface area contributed by atoms with Gasteiger partial charge in [0.15, 0.2) is 0 Å². The van der Waals surface area contributed by atoms with Crippen molar-refractivity contribution in [3.63, 3.8) is 0 Å². The molecule has 0 bridgehead atoms. The zero-order chi connectivity index (χ0) is 14.8. The summed E-state index contributed by atoms with van der Waals surface area (Å²) in [6.07, 6.45) is 0.609. The maximum absolute atomic E-state index is 10.8. The van der Waals surface area contributed by atoms with E-state index in [2.05, 4.69) is 32.0 Å². The molecule has 20 heavy (non-hydrogen) atoms. The van der Waals surface area contributed by atoms with Gasteiger partial charge in [0.2, 0.25) is 0 Å². The number of aliphatic hydroxyl groups is 1. The highest BCUT2D eigenvalue weighted by Gasteiger charge is 2.25. The molecule has 0 aromatic heterocycles. The number of ether oxygens (including phenoxy) is 1. The van der Waals surface area contributed by atoms with Gasteiger partial charge in [-0.05, 0) is 55.2 Å². The summed E-state index contributed by atoms with van der Waals surface area (Å²) < 4.78 is 5.16. The molecule has 0 amide bonds. The van der Waals surface area contributed by atoms with E-state index >= 15 is 0 Å². The number of methoxy groups -OCH3 is 1. The molecule has 0 aliphatic carbocycles. The molecule has 0 fully saturated rings. The number of aryl methyl sites for hydroxylation is 2. The first-order chi connectivity index (χ1) is 9.44. The highest BCUT2D eigenvalue weighted by molar-refractivity contribution is 5.37. The van der Waals surface area contributed by atoms with Gasteiger partial charge in [-0.25, -0.2) is 0 Å². The molecule has 1 atom stereocenters. The Hall–Kier alpha value is -1.80. The van der Waals surface area contributed by atoms with Gasteiger partial charge in [-0.1, -0.05) is 30.3 Å². The Morgan fingerprint density at radius 2 is 1.55 bits per heavy atom. The number of benzene rings is 2. The van der Waals surface area contributed by atoms with E-state index in [1.165, 1.54) is 16.7 Å². The molecule has 2 nitrogen and oxygen atoms in total. The minimum atomic E-state index is -0.886. The Balaban J connectivity index is 2.30. The van der Waals surface area contributed by atoms with Crippen LogP contribution >= 0.6 is 0 Å². The SMILES string of the molecule is COc1ccc(C(C)(O)Cc2c(C)cccc2C)cc1. The summed E-state index contributed by atoms with van der Waals surface area (Å²) in [7, 11) is 1.64. The van der Waals surface area contributed by atoms with Crippen LogP contribution in [0.4, 0.5) is 0 Å². The quantitative estimate of drug-likeness (QED) is 0.916. The average Bonchev–Trinajstić information content (AvgIpc) is 2.43. The number of hydrogen-bond acceptors (Lipinski definition) is 2. The van der Waals surface area contributed by atoms with Gasteiger partial charge in [-0.15, -0.1) is 0 Å². The van der Waals surface area contributed by atoms with Crippen molar-refractivity contribution in [2.24, 2.45) is 0 Å². The highest BCUT2D eigenvalue weighted by atomic mass is 16.5. The van der Waals surface area contributed by atoms with E-state index in [1.54, 1.807) is 7.11 Å². The lowest BCUT2D eigenvalue weighted by Crippen LogP contribution is -2.25. The van der Waals surface area contributed by atoms with Crippen molar-refractivity contribution in [1.29, 1.82) is 0 Å². The monoisotopic (exact) mass is 270 g/mol. The first-order valence-electron chi connectivity index (χ1n) is 6.86. The van der Waals surface area contributed by atoms with Crippen LogP contribution in [0.15, 0.2) is 42.5 Å². The molecular weight excluding hydrogens is 248 g/mol. The van der Waals surface area contributed by atoms with Crippen LogP contribution in [0.25, 0.3) is 0 Å². The molecule has 2 heteroatoms. The topological polar surface area (TPSA) is 29.5 Å². The van der Waals surface area contributed by atoms with Gasteiger partial charge in [0.25, 0.3) is 0 Å². The highest BCUT2D eigenvalue weighted by Crippen LogP contribution is 2.29. The zero-order valence-electron chi connectivity index (χ0n) is 12.6. The van der Waals surface area contributed by atoms with Crippen LogP contribution in [-0.2, 0) is 12.0 Å². The maximum atomic E-state index is 10.8. The van der Waals surface area contributed by atoms with Crippen molar-refractivity contribution >= 4 is 0 Å². The van der Waals surface area contributed by atoms with Gasteiger partial charge in [0, 0.05) is 6.42 Å². The molecule has 0 aliphatic rings. The largest absolute Gasteiger partial charge is 0.497 e. The van der Waals surface area contributed by atoms with Crippen molar-refractivity contribution in [2.75, 3.05) is 7.11 Å². The Morgan fingerprint density at radius 3 is 2.05 bits per heavy atom. The average molecular weight is 270 g/mol. The first-order valence-corrected chi connectivity index (χ1v) is 6.86. The minimum absolute atomic E-state index is 0.609. The Morgan fingerprint density at radius 1 is 1.00 bits per heavy atom. The second-order valence-electron chi connectivity index (χ2n) is 5.55. The van der Waals surface area contributed by atoms with Crippen LogP contribution in [0.3, 0.4) is 0 Å². The Kier molecular flexibility index (Phi) is 4.15. The van der Waals surface area contributed by atoms with Gasteiger partial charge in [-0.2, -0.15) is 0 Å². The summed E-state index contributed by atoms with van der Waals surface area (Å²) in [4.78, 5) is 0.